The molecule has 0 saturated carbocycles. The normalized spacial score (nSPS) is 10.5. The first-order valence-electron chi connectivity index (χ1n) is 5.93. The van der Waals surface area contributed by atoms with E-state index in [1.54, 1.807) is 0 Å². The maximum absolute atomic E-state index is 4.23. The molecule has 0 aliphatic rings. The molecule has 0 aliphatic carbocycles. The van der Waals surface area contributed by atoms with Gasteiger partial charge in [0.1, 0.15) is 0 Å². The zero-order chi connectivity index (χ0) is 13.6. The van der Waals surface area contributed by atoms with Gasteiger partial charge in [0.15, 0.2) is 0 Å². The van der Waals surface area contributed by atoms with Gasteiger partial charge in [0, 0.05) is 9.79 Å². The lowest BCUT2D eigenvalue weighted by atomic mass is 9.87. The van der Waals surface area contributed by atoms with Crippen molar-refractivity contribution in [2.75, 3.05) is 0 Å². The highest BCUT2D eigenvalue weighted by molar-refractivity contribution is 7.80. The van der Waals surface area contributed by atoms with Gasteiger partial charge in [0.25, 0.3) is 0 Å². The summed E-state index contributed by atoms with van der Waals surface area (Å²) in [6.45, 7) is 6.63. The molecule has 2 heteroatoms. The van der Waals surface area contributed by atoms with Crippen LogP contribution in [-0.4, -0.2) is 0 Å². The smallest absolute Gasteiger partial charge is 0.00401 e. The number of benzene rings is 2. The molecule has 18 heavy (non-hydrogen) atoms. The summed E-state index contributed by atoms with van der Waals surface area (Å²) in [5.41, 5.74) is 1.61. The Bertz CT molecular complexity index is 453. The molecule has 0 bridgehead atoms. The van der Waals surface area contributed by atoms with Crippen LogP contribution in [0.25, 0.3) is 0 Å². The van der Waals surface area contributed by atoms with Crippen molar-refractivity contribution < 1.29 is 0 Å². The van der Waals surface area contributed by atoms with Crippen LogP contribution < -0.4 is 0 Å². The Morgan fingerprint density at radius 3 is 1.44 bits per heavy atom. The fraction of sp³-hybridized carbons (Fsp3) is 0.250. The number of hydrogen-bond donors (Lipinski definition) is 2. The summed E-state index contributed by atoms with van der Waals surface area (Å²) in [6.07, 6.45) is 0. The molecular formula is C16H20S2. The minimum Gasteiger partial charge on any atom is -0.143 e. The topological polar surface area (TPSA) is 0 Å². The van der Waals surface area contributed by atoms with Gasteiger partial charge < -0.3 is 0 Å². The van der Waals surface area contributed by atoms with E-state index in [4.69, 9.17) is 0 Å². The van der Waals surface area contributed by atoms with E-state index in [2.05, 4.69) is 58.2 Å². The lowest BCUT2D eigenvalue weighted by molar-refractivity contribution is 0.590. The van der Waals surface area contributed by atoms with Crippen LogP contribution in [0, 0.1) is 0 Å². The van der Waals surface area contributed by atoms with E-state index in [0.717, 1.165) is 9.79 Å². The van der Waals surface area contributed by atoms with Crippen molar-refractivity contribution in [2.45, 2.75) is 36.0 Å². The molecule has 2 aromatic carbocycles. The molecule has 2 aromatic rings. The molecule has 96 valence electrons. The van der Waals surface area contributed by atoms with Gasteiger partial charge in [-0.3, -0.25) is 0 Å². The maximum atomic E-state index is 4.23. The second kappa shape index (κ2) is 6.91. The molecule has 0 atom stereocenters. The monoisotopic (exact) mass is 276 g/mol. The van der Waals surface area contributed by atoms with Crippen LogP contribution in [-0.2, 0) is 5.41 Å². The summed E-state index contributed by atoms with van der Waals surface area (Å²) in [7, 11) is 0. The van der Waals surface area contributed by atoms with Gasteiger partial charge in [0.2, 0.25) is 0 Å². The zero-order valence-corrected chi connectivity index (χ0v) is 12.9. The molecule has 0 aromatic heterocycles. The number of hydrogen-bond acceptors (Lipinski definition) is 2. The van der Waals surface area contributed by atoms with Gasteiger partial charge in [-0.05, 0) is 35.2 Å². The molecule has 2 rings (SSSR count). The van der Waals surface area contributed by atoms with E-state index in [0.29, 0.717) is 0 Å². The van der Waals surface area contributed by atoms with E-state index >= 15 is 0 Å². The predicted molar refractivity (Wildman–Crippen MR) is 86.1 cm³/mol. The van der Waals surface area contributed by atoms with Gasteiger partial charge in [-0.25, -0.2) is 0 Å². The zero-order valence-electron chi connectivity index (χ0n) is 11.1. The molecule has 0 heterocycles. The van der Waals surface area contributed by atoms with Crippen LogP contribution in [0.5, 0.6) is 0 Å². The predicted octanol–water partition coefficient (Wildman–Crippen LogP) is 5.25. The largest absolute Gasteiger partial charge is 0.143 e. The van der Waals surface area contributed by atoms with Gasteiger partial charge in [0.05, 0.1) is 0 Å². The van der Waals surface area contributed by atoms with Gasteiger partial charge in [-0.2, -0.15) is 0 Å². The SMILES string of the molecule is CC(C)(C)c1ccc(S)cc1.Sc1ccccc1. The molecule has 0 aliphatic heterocycles. The average molecular weight is 276 g/mol. The van der Waals surface area contributed by atoms with Crippen molar-refractivity contribution in [3.05, 3.63) is 60.2 Å². The second-order valence-electron chi connectivity index (χ2n) is 5.13. The summed E-state index contributed by atoms with van der Waals surface area (Å²) in [5.74, 6) is 0. The first-order chi connectivity index (χ1) is 8.39. The van der Waals surface area contributed by atoms with E-state index in [-0.39, 0.29) is 5.41 Å². The fourth-order valence-electron chi connectivity index (χ4n) is 1.39. The van der Waals surface area contributed by atoms with Crippen LogP contribution >= 0.6 is 25.3 Å². The number of rotatable bonds is 0. The van der Waals surface area contributed by atoms with Gasteiger partial charge in [-0.1, -0.05) is 51.1 Å². The third-order valence-corrected chi connectivity index (χ3v) is 3.09. The second-order valence-corrected chi connectivity index (χ2v) is 6.17. The Morgan fingerprint density at radius 1 is 0.667 bits per heavy atom. The first kappa shape index (κ1) is 15.2. The minimum absolute atomic E-state index is 0.251. The summed E-state index contributed by atoms with van der Waals surface area (Å²) in [4.78, 5) is 2.04. The van der Waals surface area contributed by atoms with Crippen LogP contribution in [0.2, 0.25) is 0 Å². The van der Waals surface area contributed by atoms with E-state index in [1.807, 2.05) is 42.5 Å². The van der Waals surface area contributed by atoms with Crippen molar-refractivity contribution in [2.24, 2.45) is 0 Å². The summed E-state index contributed by atoms with van der Waals surface area (Å²) < 4.78 is 0. The van der Waals surface area contributed by atoms with Crippen LogP contribution in [0.3, 0.4) is 0 Å². The Hall–Kier alpha value is -0.860. The van der Waals surface area contributed by atoms with Gasteiger partial charge in [-0.15, -0.1) is 25.3 Å². The molecular weight excluding hydrogens is 256 g/mol. The standard InChI is InChI=1S/C10H14S.C6H6S/c1-10(2,3)8-4-6-9(11)7-5-8;7-6-4-2-1-3-5-6/h4-7,11H,1-3H3;1-5,7H. The Kier molecular flexibility index (Phi) is 5.83. The first-order valence-corrected chi connectivity index (χ1v) is 6.82. The quantitative estimate of drug-likeness (QED) is 0.603. The molecule has 0 unspecified atom stereocenters. The van der Waals surface area contributed by atoms with Crippen molar-refractivity contribution in [3.8, 4) is 0 Å². The molecule has 0 nitrogen and oxygen atoms in total. The summed E-state index contributed by atoms with van der Waals surface area (Å²) in [6, 6.07) is 18.1. The van der Waals surface area contributed by atoms with Crippen LogP contribution in [0.15, 0.2) is 64.4 Å². The molecule has 0 N–H and O–H groups in total. The highest BCUT2D eigenvalue weighted by atomic mass is 32.1. The molecule has 0 amide bonds. The molecule has 0 radical (unpaired) electrons. The Labute approximate surface area is 121 Å². The molecule has 0 saturated heterocycles. The Morgan fingerprint density at radius 2 is 1.11 bits per heavy atom. The molecule has 0 spiro atoms. The van der Waals surface area contributed by atoms with Crippen molar-refractivity contribution >= 4 is 25.3 Å². The number of thiol groups is 2. The lowest BCUT2D eigenvalue weighted by Gasteiger charge is -2.18. The third kappa shape index (κ3) is 5.65. The third-order valence-electron chi connectivity index (χ3n) is 2.49. The maximum Gasteiger partial charge on any atom is 0.00401 e. The lowest BCUT2D eigenvalue weighted by Crippen LogP contribution is -2.10. The van der Waals surface area contributed by atoms with Crippen molar-refractivity contribution in [1.82, 2.24) is 0 Å². The molecule has 0 fully saturated rings. The van der Waals surface area contributed by atoms with E-state index < -0.39 is 0 Å². The fourth-order valence-corrected chi connectivity index (χ4v) is 1.71. The summed E-state index contributed by atoms with van der Waals surface area (Å²) in [5, 5.41) is 0. The average Bonchev–Trinajstić information content (AvgIpc) is 2.30. The van der Waals surface area contributed by atoms with Crippen molar-refractivity contribution in [3.63, 3.8) is 0 Å². The van der Waals surface area contributed by atoms with Crippen LogP contribution in [0.4, 0.5) is 0 Å². The Balaban J connectivity index is 0.000000199. The summed E-state index contributed by atoms with van der Waals surface area (Å²) >= 11 is 8.31. The van der Waals surface area contributed by atoms with E-state index in [9.17, 15) is 0 Å². The van der Waals surface area contributed by atoms with Crippen molar-refractivity contribution in [1.29, 1.82) is 0 Å². The minimum atomic E-state index is 0.251. The highest BCUT2D eigenvalue weighted by Crippen LogP contribution is 2.22. The van der Waals surface area contributed by atoms with Gasteiger partial charge >= 0.3 is 0 Å². The van der Waals surface area contributed by atoms with Crippen LogP contribution in [0.1, 0.15) is 26.3 Å². The highest BCUT2D eigenvalue weighted by Gasteiger charge is 2.11. The van der Waals surface area contributed by atoms with E-state index in [1.165, 1.54) is 5.56 Å².